The highest BCUT2D eigenvalue weighted by atomic mass is 16.4. The number of anilines is 1. The Balaban J connectivity index is 1.38. The fourth-order valence-corrected chi connectivity index (χ4v) is 3.07. The van der Waals surface area contributed by atoms with Gasteiger partial charge in [-0.2, -0.15) is 5.10 Å². The largest absolute Gasteiger partial charge is 0.428 e. The van der Waals surface area contributed by atoms with E-state index in [1.807, 2.05) is 43.4 Å². The number of benzene rings is 1. The smallest absolute Gasteiger partial charge is 0.248 e. The van der Waals surface area contributed by atoms with Crippen LogP contribution in [0.5, 0.6) is 0 Å². The summed E-state index contributed by atoms with van der Waals surface area (Å²) in [7, 11) is 1.88. The molecule has 0 spiro atoms. The number of aromatic nitrogens is 5. The third kappa shape index (κ3) is 4.67. The first-order valence-electron chi connectivity index (χ1n) is 9.44. The monoisotopic (exact) mass is 400 g/mol. The predicted octanol–water partition coefficient (Wildman–Crippen LogP) is 3.30. The van der Waals surface area contributed by atoms with Crippen molar-refractivity contribution in [3.63, 3.8) is 0 Å². The molecule has 0 atom stereocenters. The number of rotatable bonds is 7. The van der Waals surface area contributed by atoms with Gasteiger partial charge in [-0.15, -0.1) is 10.2 Å². The average Bonchev–Trinajstić information content (AvgIpc) is 3.44. The van der Waals surface area contributed by atoms with Gasteiger partial charge in [-0.05, 0) is 42.3 Å². The Morgan fingerprint density at radius 1 is 1.13 bits per heavy atom. The quantitative estimate of drug-likeness (QED) is 0.478. The maximum Gasteiger partial charge on any atom is 0.248 e. The van der Waals surface area contributed by atoms with Crippen molar-refractivity contribution < 1.29 is 9.21 Å². The van der Waals surface area contributed by atoms with Gasteiger partial charge < -0.3 is 9.73 Å². The molecule has 8 nitrogen and oxygen atoms in total. The van der Waals surface area contributed by atoms with Crippen LogP contribution in [0.1, 0.15) is 17.0 Å². The van der Waals surface area contributed by atoms with Crippen molar-refractivity contribution in [3.8, 4) is 11.3 Å². The highest BCUT2D eigenvalue weighted by Gasteiger charge is 2.07. The molecule has 1 amide bonds. The van der Waals surface area contributed by atoms with Crippen LogP contribution in [0.4, 0.5) is 5.69 Å². The Kier molecular flexibility index (Phi) is 5.75. The van der Waals surface area contributed by atoms with E-state index in [0.717, 1.165) is 34.5 Å². The number of nitrogens with zero attached hydrogens (tertiary/aromatic N) is 5. The second kappa shape index (κ2) is 8.95. The normalized spacial score (nSPS) is 11.1. The summed E-state index contributed by atoms with van der Waals surface area (Å²) < 4.78 is 6.92. The molecule has 0 radical (unpaired) electrons. The first-order chi connectivity index (χ1) is 14.7. The summed E-state index contributed by atoms with van der Waals surface area (Å²) in [5.41, 5.74) is 4.60. The van der Waals surface area contributed by atoms with Gasteiger partial charge in [-0.1, -0.05) is 12.1 Å². The molecule has 30 heavy (non-hydrogen) atoms. The maximum absolute atomic E-state index is 12.4. The Labute approximate surface area is 173 Å². The van der Waals surface area contributed by atoms with E-state index < -0.39 is 0 Å². The number of nitrogens with one attached hydrogen (secondary N) is 1. The molecule has 4 rings (SSSR count). The predicted molar refractivity (Wildman–Crippen MR) is 112 cm³/mol. The van der Waals surface area contributed by atoms with Crippen LogP contribution in [0.15, 0.2) is 71.9 Å². The third-order valence-corrected chi connectivity index (χ3v) is 4.62. The summed E-state index contributed by atoms with van der Waals surface area (Å²) in [5.74, 6) is 0.395. The lowest BCUT2D eigenvalue weighted by Gasteiger charge is -2.06. The molecule has 8 heteroatoms. The zero-order valence-electron chi connectivity index (χ0n) is 16.4. The van der Waals surface area contributed by atoms with Crippen molar-refractivity contribution in [2.45, 2.75) is 12.8 Å². The molecule has 0 aliphatic carbocycles. The lowest BCUT2D eigenvalue weighted by Crippen LogP contribution is -2.07. The number of carbonyl (C=O) groups excluding carboxylic acids is 1. The van der Waals surface area contributed by atoms with E-state index in [0.29, 0.717) is 12.3 Å². The third-order valence-electron chi connectivity index (χ3n) is 4.62. The van der Waals surface area contributed by atoms with Crippen LogP contribution in [-0.2, 0) is 24.7 Å². The van der Waals surface area contributed by atoms with Crippen LogP contribution < -0.4 is 5.32 Å². The first kappa shape index (κ1) is 19.3. The minimum Gasteiger partial charge on any atom is -0.428 e. The second-order valence-electron chi connectivity index (χ2n) is 6.65. The highest BCUT2D eigenvalue weighted by Crippen LogP contribution is 2.23. The van der Waals surface area contributed by atoms with Gasteiger partial charge in [0.1, 0.15) is 0 Å². The Hall–Kier alpha value is -4.07. The lowest BCUT2D eigenvalue weighted by atomic mass is 10.1. The first-order valence-corrected chi connectivity index (χ1v) is 9.44. The van der Waals surface area contributed by atoms with E-state index in [-0.39, 0.29) is 5.91 Å². The van der Waals surface area contributed by atoms with Crippen LogP contribution in [0, 0.1) is 0 Å². The molecule has 3 heterocycles. The molecule has 1 aromatic carbocycles. The Bertz CT molecular complexity index is 1150. The highest BCUT2D eigenvalue weighted by molar-refractivity contribution is 6.02. The van der Waals surface area contributed by atoms with Crippen molar-refractivity contribution in [2.24, 2.45) is 7.05 Å². The van der Waals surface area contributed by atoms with E-state index in [2.05, 4.69) is 25.6 Å². The van der Waals surface area contributed by atoms with Gasteiger partial charge >= 0.3 is 0 Å². The minimum atomic E-state index is -0.214. The van der Waals surface area contributed by atoms with Gasteiger partial charge in [0.2, 0.25) is 18.2 Å². The number of hydrogen-bond donors (Lipinski definition) is 1. The van der Waals surface area contributed by atoms with Crippen molar-refractivity contribution in [1.82, 2.24) is 25.0 Å². The van der Waals surface area contributed by atoms with Gasteiger partial charge in [0.25, 0.3) is 0 Å². The molecule has 0 unspecified atom stereocenters. The number of hydrogen-bond acceptors (Lipinski definition) is 6. The summed E-state index contributed by atoms with van der Waals surface area (Å²) in [5, 5.41) is 14.6. The average molecular weight is 400 g/mol. The Morgan fingerprint density at radius 3 is 2.73 bits per heavy atom. The van der Waals surface area contributed by atoms with Gasteiger partial charge in [-0.3, -0.25) is 14.5 Å². The van der Waals surface area contributed by atoms with Crippen molar-refractivity contribution in [3.05, 3.63) is 84.5 Å². The lowest BCUT2D eigenvalue weighted by molar-refractivity contribution is -0.111. The SMILES string of the molecule is Cn1nccc1-c1ccncc1C=CC(=O)Nc1ccc(CCc2nnco2)cc1. The summed E-state index contributed by atoms with van der Waals surface area (Å²) in [4.78, 5) is 16.5. The molecular weight excluding hydrogens is 380 g/mol. The molecule has 1 N–H and O–H groups in total. The van der Waals surface area contributed by atoms with Crippen LogP contribution in [-0.4, -0.2) is 30.9 Å². The standard InChI is InChI=1S/C22H20N6O2/c1-28-20(11-13-25-28)19-10-12-23-14-17(19)5-8-21(29)26-18-6-2-16(3-7-18)4-9-22-27-24-15-30-22/h2-3,5-8,10-15H,4,9H2,1H3,(H,26,29). The molecule has 0 aliphatic rings. The van der Waals surface area contributed by atoms with Gasteiger partial charge in [0, 0.05) is 54.9 Å². The second-order valence-corrected chi connectivity index (χ2v) is 6.65. The van der Waals surface area contributed by atoms with Crippen LogP contribution in [0.2, 0.25) is 0 Å². The van der Waals surface area contributed by atoms with E-state index in [9.17, 15) is 4.79 Å². The molecule has 4 aromatic rings. The summed E-state index contributed by atoms with van der Waals surface area (Å²) in [6.45, 7) is 0. The zero-order chi connectivity index (χ0) is 20.8. The zero-order valence-corrected chi connectivity index (χ0v) is 16.4. The van der Waals surface area contributed by atoms with Crippen molar-refractivity contribution >= 4 is 17.7 Å². The molecule has 150 valence electrons. The van der Waals surface area contributed by atoms with Gasteiger partial charge in [0.15, 0.2) is 0 Å². The Morgan fingerprint density at radius 2 is 2.00 bits per heavy atom. The number of pyridine rings is 1. The molecule has 3 aromatic heterocycles. The van der Waals surface area contributed by atoms with Crippen LogP contribution in [0.25, 0.3) is 17.3 Å². The van der Waals surface area contributed by atoms with Crippen LogP contribution in [0.3, 0.4) is 0 Å². The van der Waals surface area contributed by atoms with Crippen molar-refractivity contribution in [2.75, 3.05) is 5.32 Å². The molecule has 0 fully saturated rings. The fourth-order valence-electron chi connectivity index (χ4n) is 3.07. The van der Waals surface area contributed by atoms with Crippen LogP contribution >= 0.6 is 0 Å². The summed E-state index contributed by atoms with van der Waals surface area (Å²) in [6, 6.07) is 11.5. The topological polar surface area (TPSA) is 98.7 Å². The molecule has 0 bridgehead atoms. The van der Waals surface area contributed by atoms with E-state index >= 15 is 0 Å². The molecule has 0 aliphatic heterocycles. The van der Waals surface area contributed by atoms with E-state index in [1.165, 1.54) is 12.5 Å². The van der Waals surface area contributed by atoms with Gasteiger partial charge in [0.05, 0.1) is 5.69 Å². The summed E-state index contributed by atoms with van der Waals surface area (Å²) >= 11 is 0. The molecular formula is C22H20N6O2. The molecule has 0 saturated heterocycles. The van der Waals surface area contributed by atoms with Gasteiger partial charge in [-0.25, -0.2) is 0 Å². The van der Waals surface area contributed by atoms with Crippen molar-refractivity contribution in [1.29, 1.82) is 0 Å². The summed E-state index contributed by atoms with van der Waals surface area (Å²) in [6.07, 6.45) is 11.2. The number of amides is 1. The molecule has 0 saturated carbocycles. The fraction of sp³-hybridized carbons (Fsp3) is 0.136. The minimum absolute atomic E-state index is 0.214. The maximum atomic E-state index is 12.4. The number of aryl methyl sites for hydroxylation is 3. The van der Waals surface area contributed by atoms with E-state index in [1.54, 1.807) is 29.3 Å². The van der Waals surface area contributed by atoms with E-state index in [4.69, 9.17) is 4.42 Å². The number of carbonyl (C=O) groups is 1.